The lowest BCUT2D eigenvalue weighted by atomic mass is 9.76. The average Bonchev–Trinajstić information content (AvgIpc) is 3.18. The van der Waals surface area contributed by atoms with E-state index in [1.54, 1.807) is 24.3 Å². The Labute approximate surface area is 166 Å². The largest absolute Gasteiger partial charge is 0.343 e. The Morgan fingerprint density at radius 1 is 1.39 bits per heavy atom. The molecule has 1 aromatic heterocycles. The van der Waals surface area contributed by atoms with Crippen LogP contribution in [0.3, 0.4) is 0 Å². The minimum Gasteiger partial charge on any atom is -0.343 e. The maximum absolute atomic E-state index is 14.8. The molecule has 0 radical (unpaired) electrons. The lowest BCUT2D eigenvalue weighted by Crippen LogP contribution is -2.42. The molecule has 1 aliphatic heterocycles. The number of thioether (sulfide) groups is 1. The number of alkyl halides is 1. The Bertz CT molecular complexity index is 986. The van der Waals surface area contributed by atoms with Gasteiger partial charge in [-0.05, 0) is 43.0 Å². The summed E-state index contributed by atoms with van der Waals surface area (Å²) in [6.45, 7) is -0.186. The van der Waals surface area contributed by atoms with Crippen LogP contribution in [-0.2, 0) is 10.5 Å². The summed E-state index contributed by atoms with van der Waals surface area (Å²) in [7, 11) is 0. The molecule has 2 aliphatic rings. The Hall–Kier alpha value is -2.66. The number of nitriles is 1. The highest BCUT2D eigenvalue weighted by atomic mass is 32.2. The van der Waals surface area contributed by atoms with Crippen molar-refractivity contribution in [3.63, 3.8) is 0 Å². The fraction of sp³-hybridized carbons (Fsp3) is 0.400. The molecule has 2 heterocycles. The normalized spacial score (nSPS) is 20.4. The first-order chi connectivity index (χ1) is 13.5. The number of aromatic nitrogens is 1. The van der Waals surface area contributed by atoms with Crippen LogP contribution in [0.1, 0.15) is 35.2 Å². The molecule has 4 rings (SSSR count). The van der Waals surface area contributed by atoms with E-state index < -0.39 is 17.6 Å². The highest BCUT2D eigenvalue weighted by molar-refractivity contribution is 7.99. The summed E-state index contributed by atoms with van der Waals surface area (Å²) < 4.78 is 14.8. The minimum atomic E-state index is -1.33. The predicted molar refractivity (Wildman–Crippen MR) is 104 cm³/mol. The number of benzene rings is 1. The number of hydrogen-bond donors (Lipinski definition) is 1. The number of amides is 2. The van der Waals surface area contributed by atoms with Gasteiger partial charge in [0.05, 0.1) is 29.6 Å². The zero-order chi connectivity index (χ0) is 19.7. The molecular weight excluding hydrogens is 379 g/mol. The molecule has 1 saturated heterocycles. The molecule has 8 heteroatoms. The summed E-state index contributed by atoms with van der Waals surface area (Å²) >= 11 is 1.51. The molecule has 144 valence electrons. The zero-order valence-corrected chi connectivity index (χ0v) is 16.0. The molecule has 2 amide bonds. The Kier molecular flexibility index (Phi) is 4.94. The van der Waals surface area contributed by atoms with E-state index in [-0.39, 0.29) is 12.5 Å². The summed E-state index contributed by atoms with van der Waals surface area (Å²) in [5.41, 5.74) is 0.199. The van der Waals surface area contributed by atoms with Crippen LogP contribution in [0.4, 0.5) is 4.39 Å². The second kappa shape index (κ2) is 7.40. The maximum Gasteiger partial charge on any atom is 0.252 e. The Morgan fingerprint density at radius 3 is 2.93 bits per heavy atom. The second-order valence-corrected chi connectivity index (χ2v) is 8.10. The van der Waals surface area contributed by atoms with Crippen molar-refractivity contribution in [3.8, 4) is 6.07 Å². The third-order valence-electron chi connectivity index (χ3n) is 5.40. The molecule has 2 aromatic rings. The second-order valence-electron chi connectivity index (χ2n) is 7.10. The van der Waals surface area contributed by atoms with Crippen molar-refractivity contribution in [1.82, 2.24) is 15.2 Å². The molecule has 0 bridgehead atoms. The van der Waals surface area contributed by atoms with E-state index in [4.69, 9.17) is 5.26 Å². The van der Waals surface area contributed by atoms with Crippen molar-refractivity contribution in [3.05, 3.63) is 41.6 Å². The molecule has 6 nitrogen and oxygen atoms in total. The first-order valence-corrected chi connectivity index (χ1v) is 10.3. The molecule has 28 heavy (non-hydrogen) atoms. The highest BCUT2D eigenvalue weighted by Gasteiger charge is 2.39. The van der Waals surface area contributed by atoms with Crippen LogP contribution in [0.15, 0.2) is 30.5 Å². The molecule has 0 spiro atoms. The Morgan fingerprint density at radius 2 is 2.21 bits per heavy atom. The molecule has 2 fully saturated rings. The summed E-state index contributed by atoms with van der Waals surface area (Å²) in [5.74, 6) is 0.326. The van der Waals surface area contributed by atoms with Crippen LogP contribution in [0.25, 0.3) is 10.9 Å². The molecule has 1 N–H and O–H groups in total. The Balaban J connectivity index is 1.53. The van der Waals surface area contributed by atoms with Gasteiger partial charge < -0.3 is 10.2 Å². The number of nitrogens with one attached hydrogen (secondary N) is 1. The monoisotopic (exact) mass is 398 g/mol. The SMILES string of the molecule is N#C[C@@H]1CSCN1C(=O)CNC(=O)c1ccnc2ccc(C3(F)CCC3)cc12. The van der Waals surface area contributed by atoms with Gasteiger partial charge in [0.1, 0.15) is 11.7 Å². The van der Waals surface area contributed by atoms with Crippen molar-refractivity contribution in [2.75, 3.05) is 18.2 Å². The van der Waals surface area contributed by atoms with E-state index in [0.29, 0.717) is 46.5 Å². The van der Waals surface area contributed by atoms with Crippen LogP contribution in [0.5, 0.6) is 0 Å². The van der Waals surface area contributed by atoms with Crippen LogP contribution >= 0.6 is 11.8 Å². The van der Waals surface area contributed by atoms with E-state index in [1.165, 1.54) is 22.9 Å². The van der Waals surface area contributed by atoms with Gasteiger partial charge in [-0.2, -0.15) is 5.26 Å². The number of rotatable bonds is 4. The number of hydrogen-bond acceptors (Lipinski definition) is 5. The average molecular weight is 398 g/mol. The van der Waals surface area contributed by atoms with Crippen LogP contribution in [-0.4, -0.2) is 45.9 Å². The van der Waals surface area contributed by atoms with Crippen molar-refractivity contribution >= 4 is 34.5 Å². The highest BCUT2D eigenvalue weighted by Crippen LogP contribution is 2.45. The topological polar surface area (TPSA) is 86.1 Å². The fourth-order valence-electron chi connectivity index (χ4n) is 3.55. The van der Waals surface area contributed by atoms with Crippen LogP contribution in [0, 0.1) is 11.3 Å². The number of carbonyl (C=O) groups is 2. The van der Waals surface area contributed by atoms with Gasteiger partial charge in [0.2, 0.25) is 5.91 Å². The van der Waals surface area contributed by atoms with Crippen molar-refractivity contribution in [2.24, 2.45) is 0 Å². The molecule has 1 saturated carbocycles. The predicted octanol–water partition coefficient (Wildman–Crippen LogP) is 2.74. The molecular formula is C20H19FN4O2S. The van der Waals surface area contributed by atoms with Gasteiger partial charge in [-0.1, -0.05) is 6.07 Å². The number of carbonyl (C=O) groups excluding carboxylic acids is 2. The fourth-order valence-corrected chi connectivity index (χ4v) is 4.65. The number of fused-ring (bicyclic) bond motifs is 1. The minimum absolute atomic E-state index is 0.186. The lowest BCUT2D eigenvalue weighted by molar-refractivity contribution is -0.129. The van der Waals surface area contributed by atoms with Gasteiger partial charge in [-0.15, -0.1) is 11.8 Å². The van der Waals surface area contributed by atoms with Gasteiger partial charge in [0.15, 0.2) is 0 Å². The van der Waals surface area contributed by atoms with E-state index >= 15 is 0 Å². The molecule has 1 aliphatic carbocycles. The summed E-state index contributed by atoms with van der Waals surface area (Å²) in [5, 5.41) is 12.3. The smallest absolute Gasteiger partial charge is 0.252 e. The number of halogens is 1. The number of nitrogens with zero attached hydrogens (tertiary/aromatic N) is 3. The van der Waals surface area contributed by atoms with Gasteiger partial charge >= 0.3 is 0 Å². The maximum atomic E-state index is 14.8. The van der Waals surface area contributed by atoms with E-state index in [2.05, 4.69) is 16.4 Å². The molecule has 1 atom stereocenters. The molecule has 1 aromatic carbocycles. The zero-order valence-electron chi connectivity index (χ0n) is 15.2. The first kappa shape index (κ1) is 18.7. The van der Waals surface area contributed by atoms with Crippen molar-refractivity contribution in [2.45, 2.75) is 31.0 Å². The van der Waals surface area contributed by atoms with Crippen LogP contribution in [0.2, 0.25) is 0 Å². The first-order valence-electron chi connectivity index (χ1n) is 9.15. The lowest BCUT2D eigenvalue weighted by Gasteiger charge is -2.34. The number of pyridine rings is 1. The van der Waals surface area contributed by atoms with Crippen LogP contribution < -0.4 is 5.32 Å². The third-order valence-corrected chi connectivity index (χ3v) is 6.41. The van der Waals surface area contributed by atoms with Crippen molar-refractivity contribution in [1.29, 1.82) is 5.26 Å². The van der Waals surface area contributed by atoms with Gasteiger partial charge in [0.25, 0.3) is 5.91 Å². The summed E-state index contributed by atoms with van der Waals surface area (Å²) in [4.78, 5) is 30.8. The van der Waals surface area contributed by atoms with E-state index in [0.717, 1.165) is 6.42 Å². The van der Waals surface area contributed by atoms with Gasteiger partial charge in [-0.3, -0.25) is 14.6 Å². The molecule has 0 unspecified atom stereocenters. The van der Waals surface area contributed by atoms with Gasteiger partial charge in [0, 0.05) is 17.3 Å². The van der Waals surface area contributed by atoms with E-state index in [9.17, 15) is 14.0 Å². The van der Waals surface area contributed by atoms with Crippen molar-refractivity contribution < 1.29 is 14.0 Å². The third kappa shape index (κ3) is 3.31. The van der Waals surface area contributed by atoms with Gasteiger partial charge in [-0.25, -0.2) is 4.39 Å². The summed E-state index contributed by atoms with van der Waals surface area (Å²) in [6.07, 6.45) is 3.36. The standard InChI is InChI=1S/C20H19FN4O2S/c21-20(5-1-6-20)13-2-3-17-16(8-13)15(4-7-23-17)19(27)24-10-18(26)25-12-28-11-14(25)9-22/h2-4,7-8,14H,1,5-6,10-12H2,(H,24,27)/t14-/m1/s1. The summed E-state index contributed by atoms with van der Waals surface area (Å²) in [6, 6.07) is 8.36. The van der Waals surface area contributed by atoms with E-state index in [1.807, 2.05) is 0 Å². The quantitative estimate of drug-likeness (QED) is 0.856.